The van der Waals surface area contributed by atoms with Gasteiger partial charge in [0.05, 0.1) is 11.8 Å². The van der Waals surface area contributed by atoms with Gasteiger partial charge in [0.2, 0.25) is 5.91 Å². The van der Waals surface area contributed by atoms with E-state index in [1.807, 2.05) is 18.7 Å². The second-order valence-corrected chi connectivity index (χ2v) is 5.70. The van der Waals surface area contributed by atoms with Crippen molar-refractivity contribution < 1.29 is 14.0 Å². The molecule has 1 N–H and O–H groups in total. The molecule has 0 spiro atoms. The van der Waals surface area contributed by atoms with Gasteiger partial charge >= 0.3 is 0 Å². The molecule has 1 aromatic heterocycles. The number of nitrogens with one attached hydrogen (secondary N) is 1. The lowest BCUT2D eigenvalue weighted by Gasteiger charge is -2.17. The highest BCUT2D eigenvalue weighted by atomic mass is 16.3. The van der Waals surface area contributed by atoms with Gasteiger partial charge in [0.1, 0.15) is 5.76 Å². The van der Waals surface area contributed by atoms with Crippen LogP contribution >= 0.6 is 0 Å². The maximum atomic E-state index is 12.5. The standard InChI is InChI=1S/C15H22N2O3/c1-10(2)14-13(5-7-20-14)15(19)17-6-4-12(9-17)8-16-11(3)18/h5,7,10,12H,4,6,8-9H2,1-3H3,(H,16,18). The van der Waals surface area contributed by atoms with E-state index >= 15 is 0 Å². The van der Waals surface area contributed by atoms with Gasteiger partial charge < -0.3 is 14.6 Å². The first-order valence-corrected chi connectivity index (χ1v) is 7.10. The van der Waals surface area contributed by atoms with Crippen LogP contribution in [0.4, 0.5) is 0 Å². The molecule has 5 heteroatoms. The van der Waals surface area contributed by atoms with E-state index in [0.717, 1.165) is 18.7 Å². The van der Waals surface area contributed by atoms with E-state index in [-0.39, 0.29) is 17.7 Å². The first-order chi connectivity index (χ1) is 9.49. The molecule has 1 atom stereocenters. The molecule has 1 saturated heterocycles. The lowest BCUT2D eigenvalue weighted by molar-refractivity contribution is -0.119. The predicted molar refractivity (Wildman–Crippen MR) is 75.5 cm³/mol. The molecule has 0 saturated carbocycles. The van der Waals surface area contributed by atoms with Crippen LogP contribution in [0.1, 0.15) is 49.2 Å². The van der Waals surface area contributed by atoms with Crippen molar-refractivity contribution in [2.24, 2.45) is 5.92 Å². The summed E-state index contributed by atoms with van der Waals surface area (Å²) in [5.41, 5.74) is 0.667. The molecule has 2 rings (SSSR count). The van der Waals surface area contributed by atoms with Crippen LogP contribution < -0.4 is 5.32 Å². The molecule has 1 aromatic rings. The molecule has 0 radical (unpaired) electrons. The lowest BCUT2D eigenvalue weighted by atomic mass is 10.1. The average Bonchev–Trinajstić information content (AvgIpc) is 3.04. The number of amides is 2. The fraction of sp³-hybridized carbons (Fsp3) is 0.600. The molecular weight excluding hydrogens is 256 g/mol. The summed E-state index contributed by atoms with van der Waals surface area (Å²) in [5, 5.41) is 2.82. The van der Waals surface area contributed by atoms with Gasteiger partial charge in [-0.05, 0) is 18.4 Å². The molecule has 0 aliphatic carbocycles. The molecule has 2 amide bonds. The summed E-state index contributed by atoms with van der Waals surface area (Å²) >= 11 is 0. The summed E-state index contributed by atoms with van der Waals surface area (Å²) in [4.78, 5) is 25.3. The first kappa shape index (κ1) is 14.6. The van der Waals surface area contributed by atoms with Gasteiger partial charge in [-0.15, -0.1) is 0 Å². The Balaban J connectivity index is 1.97. The predicted octanol–water partition coefficient (Wildman–Crippen LogP) is 2.00. The molecule has 110 valence electrons. The van der Waals surface area contributed by atoms with Crippen molar-refractivity contribution >= 4 is 11.8 Å². The summed E-state index contributed by atoms with van der Waals surface area (Å²) < 4.78 is 5.41. The minimum Gasteiger partial charge on any atom is -0.468 e. The van der Waals surface area contributed by atoms with Gasteiger partial charge in [-0.3, -0.25) is 9.59 Å². The Labute approximate surface area is 119 Å². The molecule has 0 aromatic carbocycles. The number of rotatable bonds is 4. The Morgan fingerprint density at radius 3 is 2.90 bits per heavy atom. The Hall–Kier alpha value is -1.78. The van der Waals surface area contributed by atoms with Crippen LogP contribution in [0.15, 0.2) is 16.7 Å². The average molecular weight is 278 g/mol. The van der Waals surface area contributed by atoms with Gasteiger partial charge in [0.15, 0.2) is 0 Å². The normalized spacial score (nSPS) is 18.6. The van der Waals surface area contributed by atoms with Crippen molar-refractivity contribution in [1.29, 1.82) is 0 Å². The van der Waals surface area contributed by atoms with Gasteiger partial charge in [-0.25, -0.2) is 0 Å². The Bertz CT molecular complexity index is 493. The van der Waals surface area contributed by atoms with Gasteiger partial charge in [-0.2, -0.15) is 0 Å². The highest BCUT2D eigenvalue weighted by molar-refractivity contribution is 5.95. The first-order valence-electron chi connectivity index (χ1n) is 7.10. The maximum Gasteiger partial charge on any atom is 0.257 e. The van der Waals surface area contributed by atoms with Gasteiger partial charge in [0, 0.05) is 32.5 Å². The summed E-state index contributed by atoms with van der Waals surface area (Å²) in [6, 6.07) is 1.75. The van der Waals surface area contributed by atoms with Crippen LogP contribution in [-0.4, -0.2) is 36.3 Å². The van der Waals surface area contributed by atoms with E-state index in [1.54, 1.807) is 12.3 Å². The van der Waals surface area contributed by atoms with E-state index in [9.17, 15) is 9.59 Å². The number of likely N-dealkylation sites (tertiary alicyclic amines) is 1. The number of furan rings is 1. The summed E-state index contributed by atoms with van der Waals surface area (Å²) in [7, 11) is 0. The highest BCUT2D eigenvalue weighted by Gasteiger charge is 2.29. The van der Waals surface area contributed by atoms with Crippen molar-refractivity contribution in [3.8, 4) is 0 Å². The van der Waals surface area contributed by atoms with Gasteiger partial charge in [-0.1, -0.05) is 13.8 Å². The Morgan fingerprint density at radius 2 is 2.25 bits per heavy atom. The third-order valence-corrected chi connectivity index (χ3v) is 3.66. The number of hydrogen-bond acceptors (Lipinski definition) is 3. The van der Waals surface area contributed by atoms with E-state index in [0.29, 0.717) is 24.6 Å². The molecule has 1 unspecified atom stereocenters. The summed E-state index contributed by atoms with van der Waals surface area (Å²) in [6.07, 6.45) is 2.51. The van der Waals surface area contributed by atoms with Crippen LogP contribution in [0.3, 0.4) is 0 Å². The Morgan fingerprint density at radius 1 is 1.50 bits per heavy atom. The Kier molecular flexibility index (Phi) is 4.47. The fourth-order valence-electron chi connectivity index (χ4n) is 2.59. The van der Waals surface area contributed by atoms with Crippen LogP contribution in [-0.2, 0) is 4.79 Å². The van der Waals surface area contributed by atoms with Crippen molar-refractivity contribution in [3.63, 3.8) is 0 Å². The fourth-order valence-corrected chi connectivity index (χ4v) is 2.59. The highest BCUT2D eigenvalue weighted by Crippen LogP contribution is 2.24. The third kappa shape index (κ3) is 3.21. The van der Waals surface area contributed by atoms with Gasteiger partial charge in [0.25, 0.3) is 5.91 Å². The molecule has 20 heavy (non-hydrogen) atoms. The molecule has 1 aliphatic rings. The molecule has 0 bridgehead atoms. The quantitative estimate of drug-likeness (QED) is 0.916. The minimum absolute atomic E-state index is 0.0216. The van der Waals surface area contributed by atoms with E-state index in [4.69, 9.17) is 4.42 Å². The number of carbonyl (C=O) groups excluding carboxylic acids is 2. The minimum atomic E-state index is -0.0216. The third-order valence-electron chi connectivity index (χ3n) is 3.66. The van der Waals surface area contributed by atoms with Crippen LogP contribution in [0.2, 0.25) is 0 Å². The smallest absolute Gasteiger partial charge is 0.257 e. The summed E-state index contributed by atoms with van der Waals surface area (Å²) in [6.45, 7) is 7.62. The van der Waals surface area contributed by atoms with Crippen LogP contribution in [0.5, 0.6) is 0 Å². The van der Waals surface area contributed by atoms with Crippen molar-refractivity contribution in [2.45, 2.75) is 33.1 Å². The molecule has 1 fully saturated rings. The van der Waals surface area contributed by atoms with E-state index in [2.05, 4.69) is 5.32 Å². The molecule has 5 nitrogen and oxygen atoms in total. The topological polar surface area (TPSA) is 62.6 Å². The zero-order valence-corrected chi connectivity index (χ0v) is 12.3. The second kappa shape index (κ2) is 6.11. The van der Waals surface area contributed by atoms with E-state index in [1.165, 1.54) is 6.92 Å². The number of carbonyl (C=O) groups is 2. The second-order valence-electron chi connectivity index (χ2n) is 5.70. The van der Waals surface area contributed by atoms with E-state index < -0.39 is 0 Å². The lowest BCUT2D eigenvalue weighted by Crippen LogP contribution is -2.32. The number of nitrogens with zero attached hydrogens (tertiary/aromatic N) is 1. The van der Waals surface area contributed by atoms with Crippen molar-refractivity contribution in [3.05, 3.63) is 23.7 Å². The van der Waals surface area contributed by atoms with Crippen LogP contribution in [0, 0.1) is 5.92 Å². The summed E-state index contributed by atoms with van der Waals surface area (Å²) in [5.74, 6) is 1.30. The maximum absolute atomic E-state index is 12.5. The monoisotopic (exact) mass is 278 g/mol. The molecule has 1 aliphatic heterocycles. The van der Waals surface area contributed by atoms with Crippen LogP contribution in [0.25, 0.3) is 0 Å². The number of hydrogen-bond donors (Lipinski definition) is 1. The van der Waals surface area contributed by atoms with Crippen molar-refractivity contribution in [2.75, 3.05) is 19.6 Å². The molecule has 2 heterocycles. The SMILES string of the molecule is CC(=O)NCC1CCN(C(=O)c2ccoc2C(C)C)C1. The zero-order valence-electron chi connectivity index (χ0n) is 12.3. The molecular formula is C15H22N2O3. The largest absolute Gasteiger partial charge is 0.468 e. The zero-order chi connectivity index (χ0) is 14.7. The van der Waals surface area contributed by atoms with Crippen molar-refractivity contribution in [1.82, 2.24) is 10.2 Å².